The molecule has 3 rings (SSSR count). The number of sulfonamides is 1. The zero-order valence-electron chi connectivity index (χ0n) is 14.9. The Morgan fingerprint density at radius 3 is 2.81 bits per heavy atom. The van der Waals surface area contributed by atoms with Crippen LogP contribution in [0.25, 0.3) is 0 Å². The number of esters is 1. The first kappa shape index (κ1) is 19.2. The number of hydrogen-bond donors (Lipinski definition) is 1. The molecule has 0 aliphatic carbocycles. The molecule has 1 aliphatic rings. The average molecular weight is 410 g/mol. The van der Waals surface area contributed by atoms with Gasteiger partial charge in [-0.25, -0.2) is 13.2 Å². The van der Waals surface area contributed by atoms with Gasteiger partial charge in [0.2, 0.25) is 15.7 Å². The largest absolute Gasteiger partial charge is 0.461 e. The van der Waals surface area contributed by atoms with Crippen molar-refractivity contribution >= 4 is 44.1 Å². The second-order valence-electron chi connectivity index (χ2n) is 6.08. The number of ether oxygens (including phenoxy) is 1. The number of nitrogens with zero attached hydrogens (tertiary/aromatic N) is 3. The van der Waals surface area contributed by atoms with Crippen molar-refractivity contribution in [1.29, 1.82) is 0 Å². The van der Waals surface area contributed by atoms with Crippen LogP contribution in [0, 0.1) is 0 Å². The highest BCUT2D eigenvalue weighted by Crippen LogP contribution is 2.35. The second-order valence-corrected chi connectivity index (χ2v) is 8.69. The number of nitrogens with one attached hydrogen (secondary N) is 1. The highest BCUT2D eigenvalue weighted by molar-refractivity contribution is 7.92. The molecule has 0 saturated heterocycles. The van der Waals surface area contributed by atoms with Gasteiger partial charge in [-0.3, -0.25) is 9.10 Å². The van der Waals surface area contributed by atoms with Crippen molar-refractivity contribution in [3.63, 3.8) is 0 Å². The summed E-state index contributed by atoms with van der Waals surface area (Å²) < 4.78 is 33.9. The zero-order chi connectivity index (χ0) is 19.8. The maximum atomic E-state index is 12.6. The third-order valence-corrected chi connectivity index (χ3v) is 5.95. The molecule has 1 aromatic carbocycles. The summed E-state index contributed by atoms with van der Waals surface area (Å²) in [7, 11) is -3.39. The molecule has 1 amide bonds. The summed E-state index contributed by atoms with van der Waals surface area (Å²) in [6.07, 6.45) is 1.67. The lowest BCUT2D eigenvalue weighted by atomic mass is 10.1. The SMILES string of the molecule is CCOC(=O)c1nnsc1NC(=O)c1ccc2c(c1)CC(C)N2S(C)(=O)=O. The van der Waals surface area contributed by atoms with Gasteiger partial charge in [0.15, 0.2) is 5.00 Å². The van der Waals surface area contributed by atoms with E-state index < -0.39 is 21.9 Å². The molecule has 11 heteroatoms. The third-order valence-electron chi connectivity index (χ3n) is 4.04. The van der Waals surface area contributed by atoms with Crippen molar-refractivity contribution in [2.45, 2.75) is 26.3 Å². The Balaban J connectivity index is 1.84. The van der Waals surface area contributed by atoms with E-state index in [0.717, 1.165) is 23.4 Å². The van der Waals surface area contributed by atoms with Gasteiger partial charge in [0.25, 0.3) is 5.91 Å². The van der Waals surface area contributed by atoms with Gasteiger partial charge in [-0.05, 0) is 44.0 Å². The van der Waals surface area contributed by atoms with E-state index in [2.05, 4.69) is 14.9 Å². The molecule has 9 nitrogen and oxygen atoms in total. The molecule has 0 bridgehead atoms. The number of carbonyl (C=O) groups excluding carboxylic acids is 2. The van der Waals surface area contributed by atoms with Crippen LogP contribution in [0.3, 0.4) is 0 Å². The first-order valence-electron chi connectivity index (χ1n) is 8.15. The van der Waals surface area contributed by atoms with Crippen molar-refractivity contribution < 1.29 is 22.7 Å². The van der Waals surface area contributed by atoms with Crippen LogP contribution in [0.2, 0.25) is 0 Å². The van der Waals surface area contributed by atoms with E-state index in [0.29, 0.717) is 17.7 Å². The van der Waals surface area contributed by atoms with Crippen LogP contribution in [0.5, 0.6) is 0 Å². The van der Waals surface area contributed by atoms with Gasteiger partial charge in [-0.2, -0.15) is 0 Å². The molecule has 1 atom stereocenters. The molecule has 144 valence electrons. The Kier molecular flexibility index (Phi) is 5.16. The fourth-order valence-corrected chi connectivity index (χ4v) is 4.85. The van der Waals surface area contributed by atoms with Gasteiger partial charge < -0.3 is 10.1 Å². The van der Waals surface area contributed by atoms with Crippen molar-refractivity contribution in [3.05, 3.63) is 35.0 Å². The molecule has 1 N–H and O–H groups in total. The number of anilines is 2. The normalized spacial score (nSPS) is 16.1. The summed E-state index contributed by atoms with van der Waals surface area (Å²) in [5.74, 6) is -1.10. The van der Waals surface area contributed by atoms with Crippen molar-refractivity contribution in [2.24, 2.45) is 0 Å². The fourth-order valence-electron chi connectivity index (χ4n) is 3.03. The summed E-state index contributed by atoms with van der Waals surface area (Å²) in [5.41, 5.74) is 1.65. The van der Waals surface area contributed by atoms with E-state index in [1.165, 1.54) is 4.31 Å². The summed E-state index contributed by atoms with van der Waals surface area (Å²) in [5, 5.41) is 6.50. The predicted octanol–water partition coefficient (Wildman–Crippen LogP) is 1.68. The minimum absolute atomic E-state index is 0.0479. The van der Waals surface area contributed by atoms with Crippen LogP contribution >= 0.6 is 11.5 Å². The van der Waals surface area contributed by atoms with Crippen LogP contribution in [-0.4, -0.2) is 48.8 Å². The number of benzene rings is 1. The first-order chi connectivity index (χ1) is 12.7. The minimum atomic E-state index is -3.39. The standard InChI is InChI=1S/C16H18N4O5S2/c1-4-25-16(22)13-15(26-19-18-13)17-14(21)10-5-6-12-11(8-10)7-9(2)20(12)27(3,23)24/h5-6,8-9H,4,7H2,1-3H3,(H,17,21). The maximum Gasteiger partial charge on any atom is 0.362 e. The number of hydrogen-bond acceptors (Lipinski definition) is 8. The van der Waals surface area contributed by atoms with Crippen LogP contribution in [0.1, 0.15) is 40.3 Å². The molecule has 0 radical (unpaired) electrons. The quantitative estimate of drug-likeness (QED) is 0.745. The summed E-state index contributed by atoms with van der Waals surface area (Å²) in [6.45, 7) is 3.67. The molecule has 27 heavy (non-hydrogen) atoms. The molecular weight excluding hydrogens is 392 g/mol. The highest BCUT2D eigenvalue weighted by Gasteiger charge is 2.33. The smallest absolute Gasteiger partial charge is 0.362 e. The molecule has 1 aromatic heterocycles. The van der Waals surface area contributed by atoms with E-state index in [1.54, 1.807) is 25.1 Å². The molecular formula is C16H18N4O5S2. The molecule has 1 unspecified atom stereocenters. The van der Waals surface area contributed by atoms with Crippen molar-refractivity contribution in [2.75, 3.05) is 22.5 Å². The average Bonchev–Trinajstić information content (AvgIpc) is 3.16. The number of carbonyl (C=O) groups is 2. The van der Waals surface area contributed by atoms with Gasteiger partial charge in [-0.15, -0.1) is 5.10 Å². The lowest BCUT2D eigenvalue weighted by molar-refractivity contribution is 0.0520. The molecule has 0 fully saturated rings. The fraction of sp³-hybridized carbons (Fsp3) is 0.375. The van der Waals surface area contributed by atoms with E-state index in [-0.39, 0.29) is 23.3 Å². The van der Waals surface area contributed by atoms with Gasteiger partial charge in [0.1, 0.15) is 0 Å². The molecule has 0 saturated carbocycles. The Morgan fingerprint density at radius 2 is 2.15 bits per heavy atom. The van der Waals surface area contributed by atoms with Crippen molar-refractivity contribution in [1.82, 2.24) is 9.59 Å². The van der Waals surface area contributed by atoms with Crippen LogP contribution in [0.15, 0.2) is 18.2 Å². The number of fused-ring (bicyclic) bond motifs is 1. The maximum absolute atomic E-state index is 12.6. The van der Waals surface area contributed by atoms with Crippen LogP contribution in [0.4, 0.5) is 10.7 Å². The number of amides is 1. The Hall–Kier alpha value is -2.53. The van der Waals surface area contributed by atoms with Gasteiger partial charge in [0, 0.05) is 23.1 Å². The Labute approximate surface area is 160 Å². The third kappa shape index (κ3) is 3.78. The van der Waals surface area contributed by atoms with E-state index in [9.17, 15) is 18.0 Å². The molecule has 1 aliphatic heterocycles. The Bertz CT molecular complexity index is 1000. The van der Waals surface area contributed by atoms with Crippen LogP contribution in [-0.2, 0) is 21.2 Å². The lowest BCUT2D eigenvalue weighted by Crippen LogP contribution is -2.34. The van der Waals surface area contributed by atoms with E-state index in [1.807, 2.05) is 6.92 Å². The first-order valence-corrected chi connectivity index (χ1v) is 10.8. The van der Waals surface area contributed by atoms with E-state index in [4.69, 9.17) is 4.74 Å². The molecule has 0 spiro atoms. The monoisotopic (exact) mass is 410 g/mol. The van der Waals surface area contributed by atoms with E-state index >= 15 is 0 Å². The predicted molar refractivity (Wildman–Crippen MR) is 101 cm³/mol. The lowest BCUT2D eigenvalue weighted by Gasteiger charge is -2.21. The van der Waals surface area contributed by atoms with Gasteiger partial charge in [0.05, 0.1) is 18.6 Å². The number of aromatic nitrogens is 2. The topological polar surface area (TPSA) is 119 Å². The Morgan fingerprint density at radius 1 is 1.41 bits per heavy atom. The summed E-state index contributed by atoms with van der Waals surface area (Å²) in [6, 6.07) is 4.61. The number of rotatable bonds is 5. The zero-order valence-corrected chi connectivity index (χ0v) is 16.6. The molecule has 2 aromatic rings. The summed E-state index contributed by atoms with van der Waals surface area (Å²) >= 11 is 0.875. The second kappa shape index (κ2) is 7.24. The van der Waals surface area contributed by atoms with Crippen molar-refractivity contribution in [3.8, 4) is 0 Å². The van der Waals surface area contributed by atoms with Crippen LogP contribution < -0.4 is 9.62 Å². The summed E-state index contributed by atoms with van der Waals surface area (Å²) in [4.78, 5) is 24.4. The highest BCUT2D eigenvalue weighted by atomic mass is 32.2. The minimum Gasteiger partial charge on any atom is -0.461 e. The van der Waals surface area contributed by atoms with Gasteiger partial charge in [-0.1, -0.05) is 4.49 Å². The van der Waals surface area contributed by atoms with Gasteiger partial charge >= 0.3 is 5.97 Å². The molecule has 2 heterocycles.